The molecule has 5 rings (SSSR count). The average molecular weight is 500 g/mol. The highest BCUT2D eigenvalue weighted by Gasteiger charge is 2.33. The number of carbonyl (C=O) groups is 1. The molecule has 8 heteroatoms. The largest absolute Gasteiger partial charge is 0.497 e. The molecule has 0 saturated heterocycles. The number of allylic oxidation sites excluding steroid dienone is 1. The van der Waals surface area contributed by atoms with Gasteiger partial charge in [0.25, 0.3) is 5.56 Å². The summed E-state index contributed by atoms with van der Waals surface area (Å²) in [6, 6.07) is 16.6. The zero-order valence-electron chi connectivity index (χ0n) is 20.4. The van der Waals surface area contributed by atoms with Gasteiger partial charge in [-0.15, -0.1) is 0 Å². The van der Waals surface area contributed by atoms with Gasteiger partial charge in [0.2, 0.25) is 0 Å². The van der Waals surface area contributed by atoms with Crippen LogP contribution in [0.25, 0.3) is 17.0 Å². The first-order chi connectivity index (χ1) is 17.4. The number of pyridine rings is 1. The molecule has 1 atom stereocenters. The fourth-order valence-corrected chi connectivity index (χ4v) is 5.40. The Morgan fingerprint density at radius 3 is 2.61 bits per heavy atom. The minimum Gasteiger partial charge on any atom is -0.497 e. The van der Waals surface area contributed by atoms with E-state index in [-0.39, 0.29) is 12.2 Å². The lowest BCUT2D eigenvalue weighted by Gasteiger charge is -2.24. The third kappa shape index (κ3) is 4.24. The van der Waals surface area contributed by atoms with Crippen molar-refractivity contribution in [2.45, 2.75) is 26.8 Å². The van der Waals surface area contributed by atoms with Crippen LogP contribution in [0.2, 0.25) is 0 Å². The van der Waals surface area contributed by atoms with Crippen LogP contribution < -0.4 is 19.6 Å². The van der Waals surface area contributed by atoms with E-state index < -0.39 is 12.0 Å². The fraction of sp³-hybridized carbons (Fsp3) is 0.214. The maximum absolute atomic E-state index is 13.7. The quantitative estimate of drug-likeness (QED) is 0.392. The zero-order chi connectivity index (χ0) is 25.4. The number of thiazole rings is 1. The Hall–Kier alpha value is -4.04. The number of aromatic nitrogens is 2. The number of benzene rings is 2. The Labute approximate surface area is 211 Å². The van der Waals surface area contributed by atoms with E-state index in [4.69, 9.17) is 14.5 Å². The van der Waals surface area contributed by atoms with Crippen molar-refractivity contribution in [2.75, 3.05) is 13.7 Å². The molecule has 182 valence electrons. The second-order valence-corrected chi connectivity index (χ2v) is 9.52. The second-order valence-electron chi connectivity index (χ2n) is 8.51. The molecule has 2 aromatic carbocycles. The molecule has 0 aliphatic carbocycles. The SMILES string of the molecule is CCOC(=O)C1=C(C)N=c2s/c(=C/c3ccc4cc(C)ccc4n3)c(=O)n2C1c1ccc(OC)cc1. The van der Waals surface area contributed by atoms with E-state index in [9.17, 15) is 9.59 Å². The molecule has 2 aromatic heterocycles. The number of ether oxygens (including phenoxy) is 2. The number of fused-ring (bicyclic) bond motifs is 2. The molecule has 4 aromatic rings. The summed E-state index contributed by atoms with van der Waals surface area (Å²) < 4.78 is 12.7. The van der Waals surface area contributed by atoms with Crippen molar-refractivity contribution in [2.24, 2.45) is 4.99 Å². The molecule has 3 heterocycles. The van der Waals surface area contributed by atoms with Gasteiger partial charge in [0, 0.05) is 5.39 Å². The molecule has 0 N–H and O–H groups in total. The average Bonchev–Trinajstić information content (AvgIpc) is 3.17. The maximum atomic E-state index is 13.7. The minimum absolute atomic E-state index is 0.225. The van der Waals surface area contributed by atoms with Crippen molar-refractivity contribution >= 4 is 34.3 Å². The van der Waals surface area contributed by atoms with E-state index in [0.717, 1.165) is 22.0 Å². The van der Waals surface area contributed by atoms with Crippen LogP contribution in [-0.2, 0) is 9.53 Å². The number of methoxy groups -OCH3 is 1. The number of carbonyl (C=O) groups excluding carboxylic acids is 1. The van der Waals surface area contributed by atoms with Crippen LogP contribution in [0.4, 0.5) is 0 Å². The lowest BCUT2D eigenvalue weighted by Crippen LogP contribution is -2.39. The molecule has 1 unspecified atom stereocenters. The number of rotatable bonds is 5. The molecule has 0 radical (unpaired) electrons. The van der Waals surface area contributed by atoms with Gasteiger partial charge in [-0.25, -0.2) is 14.8 Å². The normalized spacial score (nSPS) is 15.6. The van der Waals surface area contributed by atoms with Crippen molar-refractivity contribution in [3.8, 4) is 5.75 Å². The van der Waals surface area contributed by atoms with Crippen molar-refractivity contribution < 1.29 is 14.3 Å². The molecular weight excluding hydrogens is 474 g/mol. The summed E-state index contributed by atoms with van der Waals surface area (Å²) >= 11 is 1.28. The summed E-state index contributed by atoms with van der Waals surface area (Å²) in [5.74, 6) is 0.197. The molecule has 0 bridgehead atoms. The van der Waals surface area contributed by atoms with Crippen LogP contribution in [0.3, 0.4) is 0 Å². The molecule has 0 amide bonds. The number of aryl methyl sites for hydroxylation is 1. The van der Waals surface area contributed by atoms with Gasteiger partial charge in [-0.1, -0.05) is 41.2 Å². The monoisotopic (exact) mass is 499 g/mol. The van der Waals surface area contributed by atoms with Gasteiger partial charge in [0.05, 0.1) is 46.8 Å². The molecule has 1 aliphatic rings. The fourth-order valence-electron chi connectivity index (χ4n) is 4.37. The standard InChI is InChI=1S/C28H25N3O4S/c1-5-35-27(33)24-17(3)29-28-31(25(24)18-8-11-21(34-4)12-9-18)26(32)23(36-28)15-20-10-7-19-14-16(2)6-13-22(19)30-20/h6-15,25H,5H2,1-4H3/b23-15+. The summed E-state index contributed by atoms with van der Waals surface area (Å²) in [5.41, 5.74) is 4.11. The third-order valence-corrected chi connectivity index (χ3v) is 7.08. The van der Waals surface area contributed by atoms with E-state index in [0.29, 0.717) is 32.0 Å². The van der Waals surface area contributed by atoms with Gasteiger partial charge in [-0.3, -0.25) is 9.36 Å². The van der Waals surface area contributed by atoms with Crippen LogP contribution in [0.1, 0.15) is 36.7 Å². The Balaban J connectivity index is 1.68. The summed E-state index contributed by atoms with van der Waals surface area (Å²) in [5, 5.41) is 1.04. The Bertz CT molecular complexity index is 1700. The predicted octanol–water partition coefficient (Wildman–Crippen LogP) is 3.66. The first-order valence-corrected chi connectivity index (χ1v) is 12.4. The van der Waals surface area contributed by atoms with Gasteiger partial charge in [-0.2, -0.15) is 0 Å². The highest BCUT2D eigenvalue weighted by atomic mass is 32.1. The number of esters is 1. The highest BCUT2D eigenvalue weighted by Crippen LogP contribution is 2.31. The molecular formula is C28H25N3O4S. The summed E-state index contributed by atoms with van der Waals surface area (Å²) in [4.78, 5) is 36.6. The number of hydrogen-bond donors (Lipinski definition) is 0. The van der Waals surface area contributed by atoms with E-state index in [1.54, 1.807) is 31.6 Å². The first kappa shape index (κ1) is 23.7. The van der Waals surface area contributed by atoms with Crippen molar-refractivity contribution in [3.05, 3.63) is 102 Å². The van der Waals surface area contributed by atoms with Gasteiger partial charge in [0.15, 0.2) is 4.80 Å². The predicted molar refractivity (Wildman–Crippen MR) is 140 cm³/mol. The summed E-state index contributed by atoms with van der Waals surface area (Å²) in [7, 11) is 1.59. The highest BCUT2D eigenvalue weighted by molar-refractivity contribution is 7.07. The van der Waals surface area contributed by atoms with Crippen LogP contribution in [-0.4, -0.2) is 29.2 Å². The first-order valence-electron chi connectivity index (χ1n) is 11.6. The van der Waals surface area contributed by atoms with Gasteiger partial charge >= 0.3 is 5.97 Å². The van der Waals surface area contributed by atoms with Crippen molar-refractivity contribution in [1.82, 2.24) is 9.55 Å². The van der Waals surface area contributed by atoms with Gasteiger partial charge in [-0.05, 0) is 62.7 Å². The Morgan fingerprint density at radius 1 is 1.11 bits per heavy atom. The van der Waals surface area contributed by atoms with E-state index >= 15 is 0 Å². The van der Waals surface area contributed by atoms with Crippen molar-refractivity contribution in [3.63, 3.8) is 0 Å². The van der Waals surface area contributed by atoms with Crippen LogP contribution in [0, 0.1) is 6.92 Å². The molecule has 36 heavy (non-hydrogen) atoms. The van der Waals surface area contributed by atoms with E-state index in [1.165, 1.54) is 11.3 Å². The van der Waals surface area contributed by atoms with Crippen molar-refractivity contribution in [1.29, 1.82) is 0 Å². The zero-order valence-corrected chi connectivity index (χ0v) is 21.3. The lowest BCUT2D eigenvalue weighted by atomic mass is 9.96. The summed E-state index contributed by atoms with van der Waals surface area (Å²) in [6.07, 6.45) is 1.78. The smallest absolute Gasteiger partial charge is 0.338 e. The Kier molecular flexibility index (Phi) is 6.28. The maximum Gasteiger partial charge on any atom is 0.338 e. The topological polar surface area (TPSA) is 82.8 Å². The molecule has 0 spiro atoms. The van der Waals surface area contributed by atoms with Crippen LogP contribution >= 0.6 is 11.3 Å². The van der Waals surface area contributed by atoms with Gasteiger partial charge < -0.3 is 9.47 Å². The number of hydrogen-bond acceptors (Lipinski definition) is 7. The molecule has 0 fully saturated rings. The van der Waals surface area contributed by atoms with Crippen LogP contribution in [0.15, 0.2) is 75.7 Å². The number of nitrogens with zero attached hydrogens (tertiary/aromatic N) is 3. The Morgan fingerprint density at radius 2 is 1.89 bits per heavy atom. The lowest BCUT2D eigenvalue weighted by molar-refractivity contribution is -0.139. The van der Waals surface area contributed by atoms with Crippen LogP contribution in [0.5, 0.6) is 5.75 Å². The minimum atomic E-state index is -0.666. The van der Waals surface area contributed by atoms with Gasteiger partial charge in [0.1, 0.15) is 5.75 Å². The molecule has 7 nitrogen and oxygen atoms in total. The summed E-state index contributed by atoms with van der Waals surface area (Å²) in [6.45, 7) is 5.79. The van der Waals surface area contributed by atoms with E-state index in [1.807, 2.05) is 55.5 Å². The second kappa shape index (κ2) is 9.54. The third-order valence-electron chi connectivity index (χ3n) is 6.09. The van der Waals surface area contributed by atoms with E-state index in [2.05, 4.69) is 11.1 Å². The molecule has 0 saturated carbocycles. The molecule has 1 aliphatic heterocycles.